The van der Waals surface area contributed by atoms with Crippen molar-refractivity contribution in [1.29, 1.82) is 0 Å². The van der Waals surface area contributed by atoms with Crippen LogP contribution in [0.2, 0.25) is 0 Å². The van der Waals surface area contributed by atoms with Crippen molar-refractivity contribution in [3.63, 3.8) is 0 Å². The molecule has 1 atom stereocenters. The van der Waals surface area contributed by atoms with E-state index in [2.05, 4.69) is 15.3 Å². The van der Waals surface area contributed by atoms with Crippen LogP contribution in [0.1, 0.15) is 22.1 Å². The summed E-state index contributed by atoms with van der Waals surface area (Å²) in [4.78, 5) is 30.6. The Labute approximate surface area is 109 Å². The molecule has 0 fully saturated rings. The first-order valence-electron chi connectivity index (χ1n) is 5.53. The molecule has 0 aliphatic carbocycles. The molecule has 1 aromatic heterocycles. The highest BCUT2D eigenvalue weighted by Gasteiger charge is 2.22. The minimum absolute atomic E-state index is 0.0738. The minimum atomic E-state index is -1.14. The van der Waals surface area contributed by atoms with E-state index >= 15 is 0 Å². The Kier molecular flexibility index (Phi) is 3.82. The maximum absolute atomic E-state index is 11.9. The van der Waals surface area contributed by atoms with E-state index in [0.717, 1.165) is 0 Å². The largest absolute Gasteiger partial charge is 0.479 e. The molecule has 6 heteroatoms. The first kappa shape index (κ1) is 12.7. The van der Waals surface area contributed by atoms with E-state index < -0.39 is 17.9 Å². The van der Waals surface area contributed by atoms with E-state index in [1.165, 1.54) is 18.6 Å². The SMILES string of the molecule is O=C(NC(C(=O)O)c1ccccc1)c1cnccn1. The average molecular weight is 257 g/mol. The lowest BCUT2D eigenvalue weighted by molar-refractivity contribution is -0.139. The van der Waals surface area contributed by atoms with Gasteiger partial charge in [-0.25, -0.2) is 9.78 Å². The summed E-state index contributed by atoms with van der Waals surface area (Å²) in [5.74, 6) is -1.72. The number of hydrogen-bond donors (Lipinski definition) is 2. The Balaban J connectivity index is 2.19. The minimum Gasteiger partial charge on any atom is -0.479 e. The van der Waals surface area contributed by atoms with E-state index in [-0.39, 0.29) is 5.69 Å². The smallest absolute Gasteiger partial charge is 0.330 e. The molecule has 1 unspecified atom stereocenters. The van der Waals surface area contributed by atoms with E-state index in [1.54, 1.807) is 30.3 Å². The molecule has 96 valence electrons. The first-order chi connectivity index (χ1) is 9.18. The number of benzene rings is 1. The Hall–Kier alpha value is -2.76. The van der Waals surface area contributed by atoms with Gasteiger partial charge in [0, 0.05) is 12.4 Å². The molecule has 19 heavy (non-hydrogen) atoms. The fourth-order valence-electron chi connectivity index (χ4n) is 1.55. The molecule has 0 bridgehead atoms. The molecule has 0 spiro atoms. The molecule has 1 amide bonds. The number of carboxylic acid groups (broad SMARTS) is 1. The number of hydrogen-bond acceptors (Lipinski definition) is 4. The molecular formula is C13H11N3O3. The summed E-state index contributed by atoms with van der Waals surface area (Å²) in [7, 11) is 0. The highest BCUT2D eigenvalue weighted by atomic mass is 16.4. The van der Waals surface area contributed by atoms with Gasteiger partial charge in [-0.15, -0.1) is 0 Å². The molecule has 6 nitrogen and oxygen atoms in total. The second-order valence-corrected chi connectivity index (χ2v) is 3.75. The molecule has 2 N–H and O–H groups in total. The van der Waals surface area contributed by atoms with Gasteiger partial charge in [-0.2, -0.15) is 0 Å². The second kappa shape index (κ2) is 5.72. The Bertz CT molecular complexity index is 572. The lowest BCUT2D eigenvalue weighted by Gasteiger charge is -2.14. The summed E-state index contributed by atoms with van der Waals surface area (Å²) >= 11 is 0. The van der Waals surface area contributed by atoms with E-state index in [1.807, 2.05) is 0 Å². The van der Waals surface area contributed by atoms with Gasteiger partial charge < -0.3 is 10.4 Å². The van der Waals surface area contributed by atoms with Crippen molar-refractivity contribution in [2.45, 2.75) is 6.04 Å². The van der Waals surface area contributed by atoms with Gasteiger partial charge in [0.15, 0.2) is 6.04 Å². The van der Waals surface area contributed by atoms with Gasteiger partial charge in [0.1, 0.15) is 5.69 Å². The van der Waals surface area contributed by atoms with E-state index in [9.17, 15) is 14.7 Å². The van der Waals surface area contributed by atoms with Crippen LogP contribution < -0.4 is 5.32 Å². The summed E-state index contributed by atoms with van der Waals surface area (Å²) in [6.07, 6.45) is 4.08. The van der Waals surface area contributed by atoms with E-state index in [4.69, 9.17) is 0 Å². The highest BCUT2D eigenvalue weighted by Crippen LogP contribution is 2.13. The number of carboxylic acids is 1. The fraction of sp³-hybridized carbons (Fsp3) is 0.0769. The van der Waals surface area contributed by atoms with Crippen molar-refractivity contribution < 1.29 is 14.7 Å². The fourth-order valence-corrected chi connectivity index (χ4v) is 1.55. The highest BCUT2D eigenvalue weighted by molar-refractivity contribution is 5.94. The van der Waals surface area contributed by atoms with Gasteiger partial charge in [-0.3, -0.25) is 9.78 Å². The van der Waals surface area contributed by atoms with Crippen LogP contribution in [0.5, 0.6) is 0 Å². The normalized spacial score (nSPS) is 11.6. The van der Waals surface area contributed by atoms with Crippen molar-refractivity contribution in [2.24, 2.45) is 0 Å². The van der Waals surface area contributed by atoms with Crippen LogP contribution in [0.25, 0.3) is 0 Å². The zero-order chi connectivity index (χ0) is 13.7. The zero-order valence-electron chi connectivity index (χ0n) is 9.85. The number of carbonyl (C=O) groups excluding carboxylic acids is 1. The molecule has 0 saturated heterocycles. The van der Waals surface area contributed by atoms with Crippen LogP contribution >= 0.6 is 0 Å². The molecular weight excluding hydrogens is 246 g/mol. The van der Waals surface area contributed by atoms with E-state index in [0.29, 0.717) is 5.56 Å². The van der Waals surface area contributed by atoms with Gasteiger partial charge in [0.05, 0.1) is 6.20 Å². The average Bonchev–Trinajstić information content (AvgIpc) is 2.46. The standard InChI is InChI=1S/C13H11N3O3/c17-12(10-8-14-6-7-15-10)16-11(13(18)19)9-4-2-1-3-5-9/h1-8,11H,(H,16,17)(H,18,19). The van der Waals surface area contributed by atoms with Crippen LogP contribution in [0.15, 0.2) is 48.9 Å². The molecule has 2 aromatic rings. The predicted octanol–water partition coefficient (Wildman–Crippen LogP) is 1.03. The van der Waals surface area contributed by atoms with Gasteiger partial charge in [0.2, 0.25) is 0 Å². The van der Waals surface area contributed by atoms with Crippen molar-refractivity contribution >= 4 is 11.9 Å². The quantitative estimate of drug-likeness (QED) is 0.853. The number of amides is 1. The van der Waals surface area contributed by atoms with Crippen LogP contribution in [-0.2, 0) is 4.79 Å². The molecule has 0 aliphatic rings. The Morgan fingerprint density at radius 1 is 1.16 bits per heavy atom. The van der Waals surface area contributed by atoms with Crippen LogP contribution in [0, 0.1) is 0 Å². The molecule has 0 radical (unpaired) electrons. The van der Waals surface area contributed by atoms with Crippen molar-refractivity contribution in [2.75, 3.05) is 0 Å². The summed E-state index contributed by atoms with van der Waals surface area (Å²) in [5.41, 5.74) is 0.567. The maximum Gasteiger partial charge on any atom is 0.330 e. The van der Waals surface area contributed by atoms with Crippen molar-refractivity contribution in [3.8, 4) is 0 Å². The lowest BCUT2D eigenvalue weighted by Crippen LogP contribution is -2.34. The summed E-state index contributed by atoms with van der Waals surface area (Å²) < 4.78 is 0. The third-order valence-corrected chi connectivity index (χ3v) is 2.45. The van der Waals surface area contributed by atoms with Crippen LogP contribution in [0.3, 0.4) is 0 Å². The lowest BCUT2D eigenvalue weighted by atomic mass is 10.1. The van der Waals surface area contributed by atoms with Gasteiger partial charge in [-0.05, 0) is 5.56 Å². The Morgan fingerprint density at radius 2 is 1.89 bits per heavy atom. The molecule has 1 heterocycles. The molecule has 0 aliphatic heterocycles. The Morgan fingerprint density at radius 3 is 2.47 bits per heavy atom. The zero-order valence-corrected chi connectivity index (χ0v) is 9.85. The van der Waals surface area contributed by atoms with Crippen LogP contribution in [-0.4, -0.2) is 27.0 Å². The topological polar surface area (TPSA) is 92.2 Å². The first-order valence-corrected chi connectivity index (χ1v) is 5.53. The van der Waals surface area contributed by atoms with Gasteiger partial charge in [0.25, 0.3) is 5.91 Å². The number of carbonyl (C=O) groups is 2. The molecule has 1 aromatic carbocycles. The molecule has 0 saturated carbocycles. The van der Waals surface area contributed by atoms with Crippen molar-refractivity contribution in [1.82, 2.24) is 15.3 Å². The number of nitrogens with zero attached hydrogens (tertiary/aromatic N) is 2. The second-order valence-electron chi connectivity index (χ2n) is 3.75. The number of nitrogens with one attached hydrogen (secondary N) is 1. The number of rotatable bonds is 4. The summed E-state index contributed by atoms with van der Waals surface area (Å²) in [6, 6.07) is 7.34. The summed E-state index contributed by atoms with van der Waals surface area (Å²) in [5, 5.41) is 11.6. The van der Waals surface area contributed by atoms with Crippen LogP contribution in [0.4, 0.5) is 0 Å². The van der Waals surface area contributed by atoms with Crippen molar-refractivity contribution in [3.05, 3.63) is 60.2 Å². The number of aliphatic carboxylic acids is 1. The summed E-state index contributed by atoms with van der Waals surface area (Å²) in [6.45, 7) is 0. The maximum atomic E-state index is 11.9. The van der Waals surface area contributed by atoms with Gasteiger partial charge in [-0.1, -0.05) is 30.3 Å². The third-order valence-electron chi connectivity index (χ3n) is 2.45. The third kappa shape index (κ3) is 3.12. The monoisotopic (exact) mass is 257 g/mol. The predicted molar refractivity (Wildman–Crippen MR) is 66.3 cm³/mol. The van der Waals surface area contributed by atoms with Gasteiger partial charge >= 0.3 is 5.97 Å². The number of aromatic nitrogens is 2. The molecule has 2 rings (SSSR count).